The largest absolute Gasteiger partial charge is 0.338 e. The number of imidazole rings is 1. The lowest BCUT2D eigenvalue weighted by Crippen LogP contribution is -2.11. The van der Waals surface area contributed by atoms with Crippen molar-refractivity contribution in [2.45, 2.75) is 12.8 Å². The van der Waals surface area contributed by atoms with Crippen LogP contribution >= 0.6 is 23.2 Å². The maximum Gasteiger partial charge on any atom is 0.144 e. The van der Waals surface area contributed by atoms with Gasteiger partial charge in [-0.2, -0.15) is 0 Å². The van der Waals surface area contributed by atoms with Gasteiger partial charge in [0.25, 0.3) is 0 Å². The Hall–Kier alpha value is -1.32. The molecule has 2 aromatic rings. The highest BCUT2D eigenvalue weighted by atomic mass is 35.5. The highest BCUT2D eigenvalue weighted by Gasteiger charge is 2.13. The zero-order chi connectivity index (χ0) is 13.1. The topological polar surface area (TPSA) is 34.9 Å². The van der Waals surface area contributed by atoms with Gasteiger partial charge in [-0.3, -0.25) is 4.79 Å². The lowest BCUT2D eigenvalue weighted by molar-refractivity contribution is -0.117. The number of Topliss-reactive ketones (excluding diaryl/α,β-unsaturated/α-hetero) is 1. The average Bonchev–Trinajstić information content (AvgIpc) is 2.70. The quantitative estimate of drug-likeness (QED) is 0.864. The second-order valence-electron chi connectivity index (χ2n) is 4.05. The fourth-order valence-corrected chi connectivity index (χ4v) is 2.24. The standard InChI is InChI=1S/C13H12Cl2N2O/c1-17-6-5-16-13(17)8-9(18)7-10-11(14)3-2-4-12(10)15/h2-6H,7-8H2,1H3. The molecule has 0 unspecified atom stereocenters. The third-order valence-corrected chi connectivity index (χ3v) is 3.42. The van der Waals surface area contributed by atoms with Crippen LogP contribution in [-0.4, -0.2) is 15.3 Å². The lowest BCUT2D eigenvalue weighted by atomic mass is 10.1. The molecule has 0 saturated heterocycles. The monoisotopic (exact) mass is 282 g/mol. The van der Waals surface area contributed by atoms with E-state index in [1.54, 1.807) is 24.4 Å². The molecule has 2 rings (SSSR count). The van der Waals surface area contributed by atoms with E-state index in [4.69, 9.17) is 23.2 Å². The van der Waals surface area contributed by atoms with Crippen molar-refractivity contribution in [3.63, 3.8) is 0 Å². The first-order chi connectivity index (χ1) is 8.58. The molecule has 1 aromatic heterocycles. The normalized spacial score (nSPS) is 10.6. The van der Waals surface area contributed by atoms with Crippen LogP contribution in [0, 0.1) is 0 Å². The molecule has 0 bridgehead atoms. The van der Waals surface area contributed by atoms with Gasteiger partial charge in [-0.05, 0) is 17.7 Å². The van der Waals surface area contributed by atoms with Crippen LogP contribution in [0.1, 0.15) is 11.4 Å². The molecular weight excluding hydrogens is 271 g/mol. The number of aromatic nitrogens is 2. The molecule has 5 heteroatoms. The van der Waals surface area contributed by atoms with Crippen LogP contribution in [0.25, 0.3) is 0 Å². The fraction of sp³-hybridized carbons (Fsp3) is 0.231. The van der Waals surface area contributed by atoms with Crippen molar-refractivity contribution in [2.75, 3.05) is 0 Å². The molecule has 0 amide bonds. The number of aryl methyl sites for hydroxylation is 1. The van der Waals surface area contributed by atoms with Gasteiger partial charge < -0.3 is 4.57 Å². The van der Waals surface area contributed by atoms with Crippen LogP contribution in [0.2, 0.25) is 10.0 Å². The van der Waals surface area contributed by atoms with Gasteiger partial charge in [0.1, 0.15) is 11.6 Å². The fourth-order valence-electron chi connectivity index (χ4n) is 1.70. The average molecular weight is 283 g/mol. The van der Waals surface area contributed by atoms with Crippen LogP contribution in [0.15, 0.2) is 30.6 Å². The van der Waals surface area contributed by atoms with Gasteiger partial charge in [-0.1, -0.05) is 29.3 Å². The number of hydrogen-bond acceptors (Lipinski definition) is 2. The van der Waals surface area contributed by atoms with Gasteiger partial charge in [0, 0.05) is 35.9 Å². The second-order valence-corrected chi connectivity index (χ2v) is 4.86. The molecule has 0 atom stereocenters. The van der Waals surface area contributed by atoms with Gasteiger partial charge in [-0.25, -0.2) is 4.98 Å². The Morgan fingerprint density at radius 3 is 2.50 bits per heavy atom. The van der Waals surface area contributed by atoms with E-state index in [0.717, 1.165) is 5.82 Å². The summed E-state index contributed by atoms with van der Waals surface area (Å²) in [6.07, 6.45) is 3.99. The summed E-state index contributed by atoms with van der Waals surface area (Å²) in [5.41, 5.74) is 0.681. The molecule has 1 heterocycles. The van der Waals surface area contributed by atoms with Crippen LogP contribution in [0.5, 0.6) is 0 Å². The Balaban J connectivity index is 2.10. The summed E-state index contributed by atoms with van der Waals surface area (Å²) < 4.78 is 1.83. The molecule has 0 radical (unpaired) electrons. The van der Waals surface area contributed by atoms with Crippen LogP contribution < -0.4 is 0 Å². The summed E-state index contributed by atoms with van der Waals surface area (Å²) in [5, 5.41) is 1.05. The Labute approximate surface area is 115 Å². The van der Waals surface area contributed by atoms with E-state index in [1.807, 2.05) is 17.8 Å². The molecule has 0 aliphatic heterocycles. The Bertz CT molecular complexity index is 558. The number of halogens is 2. The summed E-state index contributed by atoms with van der Waals surface area (Å²) in [6.45, 7) is 0. The SMILES string of the molecule is Cn1ccnc1CC(=O)Cc1c(Cl)cccc1Cl. The minimum Gasteiger partial charge on any atom is -0.338 e. The minimum absolute atomic E-state index is 0.0410. The molecular formula is C13H12Cl2N2O. The third-order valence-electron chi connectivity index (χ3n) is 2.71. The van der Waals surface area contributed by atoms with Crippen molar-refractivity contribution in [1.29, 1.82) is 0 Å². The predicted molar refractivity (Wildman–Crippen MR) is 72.1 cm³/mol. The highest BCUT2D eigenvalue weighted by Crippen LogP contribution is 2.25. The molecule has 18 heavy (non-hydrogen) atoms. The summed E-state index contributed by atoms with van der Waals surface area (Å²) in [5.74, 6) is 0.780. The Morgan fingerprint density at radius 1 is 1.28 bits per heavy atom. The van der Waals surface area contributed by atoms with Crippen LogP contribution in [-0.2, 0) is 24.7 Å². The van der Waals surface area contributed by atoms with E-state index < -0.39 is 0 Å². The zero-order valence-electron chi connectivity index (χ0n) is 9.86. The summed E-state index contributed by atoms with van der Waals surface area (Å²) >= 11 is 12.1. The lowest BCUT2D eigenvalue weighted by Gasteiger charge is -2.06. The van der Waals surface area contributed by atoms with Crippen molar-refractivity contribution in [1.82, 2.24) is 9.55 Å². The minimum atomic E-state index is 0.0410. The van der Waals surface area contributed by atoms with Gasteiger partial charge in [0.2, 0.25) is 0 Å². The van der Waals surface area contributed by atoms with E-state index in [9.17, 15) is 4.79 Å². The molecule has 0 saturated carbocycles. The van der Waals surface area contributed by atoms with E-state index in [0.29, 0.717) is 15.6 Å². The zero-order valence-corrected chi connectivity index (χ0v) is 11.4. The first-order valence-electron chi connectivity index (χ1n) is 5.48. The van der Waals surface area contributed by atoms with Crippen molar-refractivity contribution < 1.29 is 4.79 Å². The number of nitrogens with zero attached hydrogens (tertiary/aromatic N) is 2. The van der Waals surface area contributed by atoms with E-state index in [-0.39, 0.29) is 18.6 Å². The summed E-state index contributed by atoms with van der Waals surface area (Å²) in [4.78, 5) is 16.1. The smallest absolute Gasteiger partial charge is 0.144 e. The van der Waals surface area contributed by atoms with Crippen molar-refractivity contribution >= 4 is 29.0 Å². The second kappa shape index (κ2) is 5.55. The molecule has 94 valence electrons. The molecule has 0 aliphatic rings. The van der Waals surface area contributed by atoms with E-state index in [2.05, 4.69) is 4.98 Å². The number of benzene rings is 1. The van der Waals surface area contributed by atoms with Gasteiger partial charge in [-0.15, -0.1) is 0 Å². The van der Waals surface area contributed by atoms with E-state index >= 15 is 0 Å². The number of rotatable bonds is 4. The maximum atomic E-state index is 12.0. The van der Waals surface area contributed by atoms with Crippen molar-refractivity contribution in [2.24, 2.45) is 7.05 Å². The summed E-state index contributed by atoms with van der Waals surface area (Å²) in [6, 6.07) is 5.23. The molecule has 3 nitrogen and oxygen atoms in total. The van der Waals surface area contributed by atoms with Gasteiger partial charge in [0.05, 0.1) is 6.42 Å². The van der Waals surface area contributed by atoms with Crippen LogP contribution in [0.3, 0.4) is 0 Å². The maximum absolute atomic E-state index is 12.0. The number of ketones is 1. The molecule has 0 aliphatic carbocycles. The first-order valence-corrected chi connectivity index (χ1v) is 6.24. The first kappa shape index (κ1) is 13.1. The molecule has 0 fully saturated rings. The number of carbonyl (C=O) groups is 1. The van der Waals surface area contributed by atoms with Crippen molar-refractivity contribution in [3.8, 4) is 0 Å². The van der Waals surface area contributed by atoms with Gasteiger partial charge >= 0.3 is 0 Å². The van der Waals surface area contributed by atoms with E-state index in [1.165, 1.54) is 0 Å². The third kappa shape index (κ3) is 2.92. The molecule has 1 aromatic carbocycles. The predicted octanol–water partition coefficient (Wildman–Crippen LogP) is 3.08. The van der Waals surface area contributed by atoms with Crippen molar-refractivity contribution in [3.05, 3.63) is 52.0 Å². The number of hydrogen-bond donors (Lipinski definition) is 0. The molecule has 0 spiro atoms. The highest BCUT2D eigenvalue weighted by molar-refractivity contribution is 6.36. The molecule has 0 N–H and O–H groups in total. The Morgan fingerprint density at radius 2 is 1.94 bits per heavy atom. The van der Waals surface area contributed by atoms with Gasteiger partial charge in [0.15, 0.2) is 0 Å². The summed E-state index contributed by atoms with van der Waals surface area (Å²) in [7, 11) is 1.86. The van der Waals surface area contributed by atoms with Crippen LogP contribution in [0.4, 0.5) is 0 Å². The Kier molecular flexibility index (Phi) is 4.04. The number of carbonyl (C=O) groups excluding carboxylic acids is 1.